The van der Waals surface area contributed by atoms with Crippen molar-refractivity contribution in [1.82, 2.24) is 19.7 Å². The zero-order valence-electron chi connectivity index (χ0n) is 9.76. The number of fused-ring (bicyclic) bond motifs is 1. The normalized spacial score (nSPS) is 25.1. The lowest BCUT2D eigenvalue weighted by atomic mass is 9.93. The number of hydrogen-bond acceptors (Lipinski definition) is 4. The van der Waals surface area contributed by atoms with Gasteiger partial charge in [-0.3, -0.25) is 4.90 Å². The summed E-state index contributed by atoms with van der Waals surface area (Å²) < 4.78 is 2.14. The highest BCUT2D eigenvalue weighted by atomic mass is 15.3. The molecule has 1 aromatic rings. The molecule has 1 fully saturated rings. The molecule has 5 heteroatoms. The first kappa shape index (κ1) is 10.2. The second-order valence-electron chi connectivity index (χ2n) is 5.20. The van der Waals surface area contributed by atoms with E-state index in [1.54, 1.807) is 0 Å². The van der Waals surface area contributed by atoms with E-state index >= 15 is 0 Å². The molecule has 5 nitrogen and oxygen atoms in total. The molecule has 1 saturated carbocycles. The van der Waals surface area contributed by atoms with Crippen molar-refractivity contribution in [2.24, 2.45) is 11.7 Å². The molecule has 0 saturated heterocycles. The fourth-order valence-corrected chi connectivity index (χ4v) is 2.76. The minimum atomic E-state index is 0.164. The summed E-state index contributed by atoms with van der Waals surface area (Å²) in [5, 5.41) is 8.13. The molecular formula is C11H19N5. The molecule has 16 heavy (non-hydrogen) atoms. The predicted octanol–water partition coefficient (Wildman–Crippen LogP) is 0.221. The highest BCUT2D eigenvalue weighted by Crippen LogP contribution is 2.43. The van der Waals surface area contributed by atoms with Crippen LogP contribution in [-0.2, 0) is 13.1 Å². The molecule has 0 amide bonds. The Labute approximate surface area is 95.6 Å². The SMILES string of the molecule is CC(CN)(C1CC1)N1CCn2cnnc2C1. The van der Waals surface area contributed by atoms with Crippen molar-refractivity contribution in [1.29, 1.82) is 0 Å². The van der Waals surface area contributed by atoms with Gasteiger partial charge in [-0.05, 0) is 25.7 Å². The molecule has 1 aliphatic carbocycles. The lowest BCUT2D eigenvalue weighted by molar-refractivity contribution is 0.0593. The van der Waals surface area contributed by atoms with Crippen LogP contribution in [0.3, 0.4) is 0 Å². The molecular weight excluding hydrogens is 202 g/mol. The topological polar surface area (TPSA) is 60.0 Å². The smallest absolute Gasteiger partial charge is 0.147 e. The van der Waals surface area contributed by atoms with Gasteiger partial charge < -0.3 is 10.3 Å². The standard InChI is InChI=1S/C11H19N5/c1-11(7-12,9-2-3-9)16-5-4-15-8-13-14-10(15)6-16/h8-9H,2-7,12H2,1H3. The Morgan fingerprint density at radius 2 is 2.31 bits per heavy atom. The summed E-state index contributed by atoms with van der Waals surface area (Å²) in [7, 11) is 0. The Morgan fingerprint density at radius 1 is 1.50 bits per heavy atom. The minimum Gasteiger partial charge on any atom is -0.329 e. The molecule has 3 rings (SSSR count). The van der Waals surface area contributed by atoms with Gasteiger partial charge in [0.2, 0.25) is 0 Å². The summed E-state index contributed by atoms with van der Waals surface area (Å²) in [6.07, 6.45) is 4.48. The van der Waals surface area contributed by atoms with E-state index in [0.29, 0.717) is 0 Å². The molecule has 88 valence electrons. The van der Waals surface area contributed by atoms with Crippen LogP contribution in [0, 0.1) is 5.92 Å². The van der Waals surface area contributed by atoms with Crippen molar-refractivity contribution in [2.45, 2.75) is 38.4 Å². The zero-order chi connectivity index (χ0) is 11.2. The van der Waals surface area contributed by atoms with Gasteiger partial charge in [-0.25, -0.2) is 0 Å². The Balaban J connectivity index is 1.81. The minimum absolute atomic E-state index is 0.164. The average Bonchev–Trinajstić information content (AvgIpc) is 3.06. The number of rotatable bonds is 3. The Morgan fingerprint density at radius 3 is 3.00 bits per heavy atom. The van der Waals surface area contributed by atoms with Crippen molar-refractivity contribution in [3.05, 3.63) is 12.2 Å². The number of aromatic nitrogens is 3. The van der Waals surface area contributed by atoms with Gasteiger partial charge in [0.25, 0.3) is 0 Å². The van der Waals surface area contributed by atoms with Crippen LogP contribution in [0.25, 0.3) is 0 Å². The van der Waals surface area contributed by atoms with Gasteiger partial charge in [0, 0.05) is 25.2 Å². The monoisotopic (exact) mass is 221 g/mol. The van der Waals surface area contributed by atoms with Crippen LogP contribution in [0.5, 0.6) is 0 Å². The summed E-state index contributed by atoms with van der Waals surface area (Å²) in [5.41, 5.74) is 6.15. The maximum Gasteiger partial charge on any atom is 0.147 e. The maximum absolute atomic E-state index is 5.99. The highest BCUT2D eigenvalue weighted by molar-refractivity contribution is 5.03. The Kier molecular flexibility index (Phi) is 2.26. The van der Waals surface area contributed by atoms with Gasteiger partial charge in [0.1, 0.15) is 12.2 Å². The highest BCUT2D eigenvalue weighted by Gasteiger charge is 2.45. The third-order valence-corrected chi connectivity index (χ3v) is 4.23. The lowest BCUT2D eigenvalue weighted by Gasteiger charge is -2.43. The summed E-state index contributed by atoms with van der Waals surface area (Å²) in [6.45, 7) is 5.99. The Hall–Kier alpha value is -0.940. The average molecular weight is 221 g/mol. The van der Waals surface area contributed by atoms with Crippen molar-refractivity contribution < 1.29 is 0 Å². The molecule has 0 spiro atoms. The maximum atomic E-state index is 5.99. The third-order valence-electron chi connectivity index (χ3n) is 4.23. The summed E-state index contributed by atoms with van der Waals surface area (Å²) in [6, 6.07) is 0. The second kappa shape index (κ2) is 3.53. The molecule has 1 aromatic heterocycles. The van der Waals surface area contributed by atoms with E-state index in [9.17, 15) is 0 Å². The van der Waals surface area contributed by atoms with Crippen molar-refractivity contribution >= 4 is 0 Å². The molecule has 0 aromatic carbocycles. The van der Waals surface area contributed by atoms with Crippen LogP contribution >= 0.6 is 0 Å². The Bertz CT molecular complexity index is 383. The van der Waals surface area contributed by atoms with E-state index in [-0.39, 0.29) is 5.54 Å². The van der Waals surface area contributed by atoms with E-state index in [2.05, 4.69) is 26.6 Å². The van der Waals surface area contributed by atoms with Crippen LogP contribution in [0.15, 0.2) is 6.33 Å². The molecule has 1 aliphatic heterocycles. The quantitative estimate of drug-likeness (QED) is 0.793. The van der Waals surface area contributed by atoms with Crippen molar-refractivity contribution in [3.63, 3.8) is 0 Å². The molecule has 2 heterocycles. The summed E-state index contributed by atoms with van der Waals surface area (Å²) >= 11 is 0. The number of nitrogens with zero attached hydrogens (tertiary/aromatic N) is 4. The molecule has 1 unspecified atom stereocenters. The number of hydrogen-bond donors (Lipinski definition) is 1. The van der Waals surface area contributed by atoms with Crippen LogP contribution < -0.4 is 5.73 Å². The van der Waals surface area contributed by atoms with Gasteiger partial charge in [0.15, 0.2) is 0 Å². The molecule has 0 radical (unpaired) electrons. The van der Waals surface area contributed by atoms with Crippen molar-refractivity contribution in [3.8, 4) is 0 Å². The first-order chi connectivity index (χ1) is 7.74. The fraction of sp³-hybridized carbons (Fsp3) is 0.818. The van der Waals surface area contributed by atoms with E-state index in [0.717, 1.165) is 37.9 Å². The van der Waals surface area contributed by atoms with Gasteiger partial charge >= 0.3 is 0 Å². The van der Waals surface area contributed by atoms with Crippen LogP contribution in [0.4, 0.5) is 0 Å². The van der Waals surface area contributed by atoms with Gasteiger partial charge in [-0.1, -0.05) is 0 Å². The van der Waals surface area contributed by atoms with E-state index in [1.165, 1.54) is 12.8 Å². The van der Waals surface area contributed by atoms with Gasteiger partial charge in [0.05, 0.1) is 6.54 Å². The molecule has 2 aliphatic rings. The second-order valence-corrected chi connectivity index (χ2v) is 5.20. The first-order valence-electron chi connectivity index (χ1n) is 6.06. The zero-order valence-corrected chi connectivity index (χ0v) is 9.76. The molecule has 1 atom stereocenters. The van der Waals surface area contributed by atoms with Crippen molar-refractivity contribution in [2.75, 3.05) is 13.1 Å². The lowest BCUT2D eigenvalue weighted by Crippen LogP contribution is -2.55. The third kappa shape index (κ3) is 1.46. The summed E-state index contributed by atoms with van der Waals surface area (Å²) in [4.78, 5) is 2.49. The van der Waals surface area contributed by atoms with E-state index < -0.39 is 0 Å². The predicted molar refractivity (Wildman–Crippen MR) is 60.6 cm³/mol. The summed E-state index contributed by atoms with van der Waals surface area (Å²) in [5.74, 6) is 1.86. The molecule has 0 bridgehead atoms. The van der Waals surface area contributed by atoms with Crippen LogP contribution in [-0.4, -0.2) is 38.3 Å². The van der Waals surface area contributed by atoms with E-state index in [4.69, 9.17) is 5.73 Å². The fourth-order valence-electron chi connectivity index (χ4n) is 2.76. The molecule has 2 N–H and O–H groups in total. The van der Waals surface area contributed by atoms with Gasteiger partial charge in [-0.2, -0.15) is 0 Å². The van der Waals surface area contributed by atoms with Crippen LogP contribution in [0.1, 0.15) is 25.6 Å². The van der Waals surface area contributed by atoms with E-state index in [1.807, 2.05) is 6.33 Å². The van der Waals surface area contributed by atoms with Gasteiger partial charge in [-0.15, -0.1) is 10.2 Å². The largest absolute Gasteiger partial charge is 0.329 e. The van der Waals surface area contributed by atoms with Crippen LogP contribution in [0.2, 0.25) is 0 Å². The number of nitrogens with two attached hydrogens (primary N) is 1. The first-order valence-corrected chi connectivity index (χ1v) is 6.06.